The van der Waals surface area contributed by atoms with Crippen LogP contribution in [0.4, 0.5) is 0 Å². The molecule has 0 aromatic carbocycles. The number of Topliss-reactive ketones (excluding diaryl/α,β-unsaturated/α-hetero) is 1. The zero-order chi connectivity index (χ0) is 14.7. The largest absolute Gasteiger partial charge is 0.312 e. The van der Waals surface area contributed by atoms with Gasteiger partial charge in [-0.05, 0) is 20.8 Å². The highest BCUT2D eigenvalue weighted by molar-refractivity contribution is 7.09. The van der Waals surface area contributed by atoms with E-state index in [1.54, 1.807) is 11.3 Å². The van der Waals surface area contributed by atoms with Crippen LogP contribution in [-0.4, -0.2) is 22.9 Å². The van der Waals surface area contributed by atoms with E-state index in [0.717, 1.165) is 17.2 Å². The number of nitrogens with zero attached hydrogens (tertiary/aromatic N) is 1. The second-order valence-corrected chi connectivity index (χ2v) is 7.96. The van der Waals surface area contributed by atoms with Crippen molar-refractivity contribution >= 4 is 17.1 Å². The maximum atomic E-state index is 11.9. The van der Waals surface area contributed by atoms with E-state index in [1.165, 1.54) is 0 Å². The fourth-order valence-electron chi connectivity index (χ4n) is 1.57. The van der Waals surface area contributed by atoms with Gasteiger partial charge in [0.2, 0.25) is 0 Å². The number of rotatable bonds is 5. The van der Waals surface area contributed by atoms with Crippen LogP contribution in [-0.2, 0) is 16.6 Å². The predicted molar refractivity (Wildman–Crippen MR) is 81.9 cm³/mol. The van der Waals surface area contributed by atoms with Gasteiger partial charge in [0.15, 0.2) is 0 Å². The molecular formula is C15H26N2OS. The van der Waals surface area contributed by atoms with Crippen molar-refractivity contribution in [1.29, 1.82) is 0 Å². The molecule has 0 aliphatic heterocycles. The Balaban J connectivity index is 2.43. The van der Waals surface area contributed by atoms with Crippen LogP contribution in [0.2, 0.25) is 0 Å². The van der Waals surface area contributed by atoms with Gasteiger partial charge in [0.05, 0.1) is 12.1 Å². The van der Waals surface area contributed by atoms with E-state index >= 15 is 0 Å². The third kappa shape index (κ3) is 6.30. The van der Waals surface area contributed by atoms with Gasteiger partial charge in [0.1, 0.15) is 10.8 Å². The van der Waals surface area contributed by atoms with Gasteiger partial charge in [-0.2, -0.15) is 0 Å². The molecule has 1 aromatic heterocycles. The Hall–Kier alpha value is -0.740. The van der Waals surface area contributed by atoms with E-state index in [9.17, 15) is 4.79 Å². The monoisotopic (exact) mass is 282 g/mol. The highest BCUT2D eigenvalue weighted by Crippen LogP contribution is 2.24. The van der Waals surface area contributed by atoms with Gasteiger partial charge in [0, 0.05) is 29.3 Å². The molecule has 0 bridgehead atoms. The first kappa shape index (κ1) is 16.3. The molecule has 0 atom stereocenters. The summed E-state index contributed by atoms with van der Waals surface area (Å²) in [6, 6.07) is 0. The Labute approximate surface area is 120 Å². The van der Waals surface area contributed by atoms with E-state index in [1.807, 2.05) is 0 Å². The van der Waals surface area contributed by atoms with Crippen LogP contribution in [0.5, 0.6) is 0 Å². The van der Waals surface area contributed by atoms with Crippen LogP contribution >= 0.6 is 11.3 Å². The minimum Gasteiger partial charge on any atom is -0.312 e. The number of carbonyl (C=O) groups is 1. The summed E-state index contributed by atoms with van der Waals surface area (Å²) in [6.45, 7) is 13.5. The van der Waals surface area contributed by atoms with Crippen molar-refractivity contribution in [3.05, 3.63) is 16.1 Å². The first-order chi connectivity index (χ1) is 8.58. The number of hydrogen-bond donors (Lipinski definition) is 1. The third-order valence-corrected chi connectivity index (χ3v) is 3.58. The lowest BCUT2D eigenvalue weighted by Gasteiger charge is -2.19. The first-order valence-electron chi connectivity index (χ1n) is 6.79. The zero-order valence-electron chi connectivity index (χ0n) is 13.0. The van der Waals surface area contributed by atoms with Gasteiger partial charge in [-0.25, -0.2) is 4.98 Å². The normalized spacial score (nSPS) is 12.7. The molecule has 108 valence electrons. The predicted octanol–water partition coefficient (Wildman–Crippen LogP) is 3.33. The maximum absolute atomic E-state index is 11.9. The molecule has 1 rings (SSSR count). The van der Waals surface area contributed by atoms with Gasteiger partial charge in [0.25, 0.3) is 0 Å². The van der Waals surface area contributed by atoms with Gasteiger partial charge < -0.3 is 5.32 Å². The lowest BCUT2D eigenvalue weighted by Crippen LogP contribution is -2.37. The third-order valence-electron chi connectivity index (χ3n) is 2.73. The second-order valence-electron chi connectivity index (χ2n) is 7.02. The van der Waals surface area contributed by atoms with Crippen molar-refractivity contribution in [2.75, 3.05) is 6.54 Å². The lowest BCUT2D eigenvalue weighted by molar-refractivity contribution is -0.118. The Morgan fingerprint density at radius 3 is 2.37 bits per heavy atom. The zero-order valence-corrected chi connectivity index (χ0v) is 13.8. The number of aromatic nitrogens is 1. The summed E-state index contributed by atoms with van der Waals surface area (Å²) in [5.74, 6) is 0.256. The molecule has 1 aromatic rings. The molecule has 0 radical (unpaired) electrons. The average molecular weight is 282 g/mol. The summed E-state index contributed by atoms with van der Waals surface area (Å²) in [6.07, 6.45) is 1.04. The molecule has 4 heteroatoms. The van der Waals surface area contributed by atoms with Crippen LogP contribution in [0.25, 0.3) is 0 Å². The topological polar surface area (TPSA) is 42.0 Å². The van der Waals surface area contributed by atoms with Crippen LogP contribution in [0, 0.1) is 0 Å². The smallest absolute Gasteiger partial charge is 0.140 e. The number of thiazole rings is 1. The minimum atomic E-state index is 0.0611. The van der Waals surface area contributed by atoms with Crippen LogP contribution in [0.15, 0.2) is 5.38 Å². The Morgan fingerprint density at radius 1 is 1.26 bits per heavy atom. The van der Waals surface area contributed by atoms with Crippen molar-refractivity contribution in [2.24, 2.45) is 0 Å². The quantitative estimate of drug-likeness (QED) is 0.900. The van der Waals surface area contributed by atoms with Crippen molar-refractivity contribution in [2.45, 2.75) is 65.3 Å². The SMILES string of the molecule is CC(C)(C)NCCC(=O)Cc1nc(C(C)(C)C)cs1. The van der Waals surface area contributed by atoms with Gasteiger partial charge in [-0.3, -0.25) is 4.79 Å². The number of ketones is 1. The molecule has 1 heterocycles. The average Bonchev–Trinajstić information content (AvgIpc) is 2.63. The van der Waals surface area contributed by atoms with E-state index in [2.05, 4.69) is 57.2 Å². The highest BCUT2D eigenvalue weighted by atomic mass is 32.1. The Bertz CT molecular complexity index is 424. The Kier molecular flexibility index (Phi) is 5.27. The molecule has 0 fully saturated rings. The van der Waals surface area contributed by atoms with E-state index < -0.39 is 0 Å². The summed E-state index contributed by atoms with van der Waals surface area (Å²) in [7, 11) is 0. The molecule has 3 nitrogen and oxygen atoms in total. The molecule has 0 aliphatic carbocycles. The molecular weight excluding hydrogens is 256 g/mol. The molecule has 0 saturated heterocycles. The summed E-state index contributed by atoms with van der Waals surface area (Å²) in [5.41, 5.74) is 1.21. The van der Waals surface area contributed by atoms with Gasteiger partial charge in [-0.15, -0.1) is 11.3 Å². The van der Waals surface area contributed by atoms with Crippen molar-refractivity contribution in [3.8, 4) is 0 Å². The molecule has 0 spiro atoms. The van der Waals surface area contributed by atoms with E-state index in [0.29, 0.717) is 12.8 Å². The molecule has 0 aliphatic rings. The number of carbonyl (C=O) groups excluding carboxylic acids is 1. The van der Waals surface area contributed by atoms with E-state index in [4.69, 9.17) is 0 Å². The number of nitrogens with one attached hydrogen (secondary N) is 1. The summed E-state index contributed by atoms with van der Waals surface area (Å²) < 4.78 is 0. The van der Waals surface area contributed by atoms with Crippen LogP contribution < -0.4 is 5.32 Å². The van der Waals surface area contributed by atoms with Crippen LogP contribution in [0.3, 0.4) is 0 Å². The molecule has 19 heavy (non-hydrogen) atoms. The van der Waals surface area contributed by atoms with Crippen molar-refractivity contribution < 1.29 is 4.79 Å². The molecule has 0 saturated carbocycles. The second kappa shape index (κ2) is 6.14. The molecule has 1 N–H and O–H groups in total. The summed E-state index contributed by atoms with van der Waals surface area (Å²) >= 11 is 1.59. The van der Waals surface area contributed by atoms with Crippen LogP contribution in [0.1, 0.15) is 58.7 Å². The first-order valence-corrected chi connectivity index (χ1v) is 7.67. The Morgan fingerprint density at radius 2 is 1.89 bits per heavy atom. The van der Waals surface area contributed by atoms with Crippen molar-refractivity contribution in [3.63, 3.8) is 0 Å². The van der Waals surface area contributed by atoms with Crippen molar-refractivity contribution in [1.82, 2.24) is 10.3 Å². The highest BCUT2D eigenvalue weighted by Gasteiger charge is 2.18. The summed E-state index contributed by atoms with van der Waals surface area (Å²) in [4.78, 5) is 16.4. The fraction of sp³-hybridized carbons (Fsp3) is 0.733. The maximum Gasteiger partial charge on any atom is 0.140 e. The molecule has 0 unspecified atom stereocenters. The summed E-state index contributed by atoms with van der Waals surface area (Å²) in [5, 5.41) is 6.33. The fourth-order valence-corrected chi connectivity index (χ4v) is 2.62. The number of hydrogen-bond acceptors (Lipinski definition) is 4. The van der Waals surface area contributed by atoms with Gasteiger partial charge >= 0.3 is 0 Å². The molecule has 0 amide bonds. The standard InChI is InChI=1S/C15H26N2OS/c1-14(2,3)12-10-19-13(17-12)9-11(18)7-8-16-15(4,5)6/h10,16H,7-9H2,1-6H3. The van der Waals surface area contributed by atoms with Gasteiger partial charge in [-0.1, -0.05) is 20.8 Å². The van der Waals surface area contributed by atoms with E-state index in [-0.39, 0.29) is 16.7 Å². The minimum absolute atomic E-state index is 0.0611. The lowest BCUT2D eigenvalue weighted by atomic mass is 9.93.